The van der Waals surface area contributed by atoms with Crippen molar-refractivity contribution >= 4 is 6.29 Å². The van der Waals surface area contributed by atoms with Crippen molar-refractivity contribution in [2.75, 3.05) is 0 Å². The third-order valence-corrected chi connectivity index (χ3v) is 3.14. The lowest BCUT2D eigenvalue weighted by Crippen LogP contribution is -2.21. The monoisotopic (exact) mass is 194 g/mol. The molecule has 0 heterocycles. The predicted octanol–water partition coefficient (Wildman–Crippen LogP) is 3.74. The molecular formula is C13H22O. The van der Waals surface area contributed by atoms with Crippen LogP contribution in [0.15, 0.2) is 11.6 Å². The average molecular weight is 194 g/mol. The largest absolute Gasteiger partial charge is 0.303 e. The van der Waals surface area contributed by atoms with Crippen LogP contribution in [0.2, 0.25) is 0 Å². The van der Waals surface area contributed by atoms with Crippen molar-refractivity contribution in [3.8, 4) is 0 Å². The Morgan fingerprint density at radius 2 is 2.29 bits per heavy atom. The molecule has 0 saturated heterocycles. The summed E-state index contributed by atoms with van der Waals surface area (Å²) < 4.78 is 0. The maximum atomic E-state index is 10.9. The minimum atomic E-state index is 0.217. The summed E-state index contributed by atoms with van der Waals surface area (Å²) in [5.74, 6) is 0.217. The zero-order chi connectivity index (χ0) is 10.6. The van der Waals surface area contributed by atoms with E-state index in [9.17, 15) is 4.79 Å². The number of allylic oxidation sites excluding steroid dienone is 2. The molecule has 1 unspecified atom stereocenters. The standard InChI is InChI=1S/C13H22O/c1-4-5-6-11-9-13(2,3)8-7-12(11)10-14/h9-10,12H,4-8H2,1-3H3. The van der Waals surface area contributed by atoms with Crippen LogP contribution in [-0.2, 0) is 4.79 Å². The van der Waals surface area contributed by atoms with Crippen LogP contribution in [-0.4, -0.2) is 6.29 Å². The molecule has 0 aromatic heterocycles. The third-order valence-electron chi connectivity index (χ3n) is 3.14. The normalized spacial score (nSPS) is 25.6. The molecule has 0 N–H and O–H groups in total. The Morgan fingerprint density at radius 1 is 1.57 bits per heavy atom. The summed E-state index contributed by atoms with van der Waals surface area (Å²) in [4.78, 5) is 10.9. The van der Waals surface area contributed by atoms with Gasteiger partial charge in [0.25, 0.3) is 0 Å². The molecule has 1 aliphatic rings. The minimum Gasteiger partial charge on any atom is -0.303 e. The van der Waals surface area contributed by atoms with Crippen LogP contribution in [0, 0.1) is 11.3 Å². The Balaban J connectivity index is 2.71. The summed E-state index contributed by atoms with van der Waals surface area (Å²) in [7, 11) is 0. The Morgan fingerprint density at radius 3 is 2.86 bits per heavy atom. The van der Waals surface area contributed by atoms with Gasteiger partial charge < -0.3 is 4.79 Å². The Bertz CT molecular complexity index is 225. The van der Waals surface area contributed by atoms with Crippen LogP contribution in [0.3, 0.4) is 0 Å². The van der Waals surface area contributed by atoms with E-state index in [0.29, 0.717) is 5.41 Å². The first-order valence-corrected chi connectivity index (χ1v) is 5.76. The highest BCUT2D eigenvalue weighted by Gasteiger charge is 2.26. The van der Waals surface area contributed by atoms with E-state index in [1.807, 2.05) is 0 Å². The molecule has 1 heteroatoms. The van der Waals surface area contributed by atoms with Gasteiger partial charge in [-0.15, -0.1) is 0 Å². The van der Waals surface area contributed by atoms with Crippen LogP contribution in [0.5, 0.6) is 0 Å². The lowest BCUT2D eigenvalue weighted by Gasteiger charge is -2.31. The van der Waals surface area contributed by atoms with Crippen molar-refractivity contribution in [3.63, 3.8) is 0 Å². The topological polar surface area (TPSA) is 17.1 Å². The molecule has 0 radical (unpaired) electrons. The third kappa shape index (κ3) is 2.97. The molecule has 80 valence electrons. The van der Waals surface area contributed by atoms with Crippen molar-refractivity contribution in [1.29, 1.82) is 0 Å². The number of unbranched alkanes of at least 4 members (excludes halogenated alkanes) is 1. The molecule has 0 aromatic carbocycles. The van der Waals surface area contributed by atoms with Crippen LogP contribution in [0.25, 0.3) is 0 Å². The smallest absolute Gasteiger partial charge is 0.127 e. The van der Waals surface area contributed by atoms with E-state index in [1.165, 1.54) is 18.4 Å². The van der Waals surface area contributed by atoms with E-state index in [0.717, 1.165) is 25.5 Å². The zero-order valence-corrected chi connectivity index (χ0v) is 9.68. The highest BCUT2D eigenvalue weighted by Crippen LogP contribution is 2.37. The summed E-state index contributed by atoms with van der Waals surface area (Å²) in [5, 5.41) is 0. The van der Waals surface area contributed by atoms with Gasteiger partial charge in [-0.25, -0.2) is 0 Å². The second-order valence-corrected chi connectivity index (χ2v) is 5.09. The first-order valence-electron chi connectivity index (χ1n) is 5.76. The molecule has 0 fully saturated rings. The van der Waals surface area contributed by atoms with E-state index in [-0.39, 0.29) is 5.92 Å². The maximum Gasteiger partial charge on any atom is 0.127 e. The van der Waals surface area contributed by atoms with E-state index in [1.54, 1.807) is 0 Å². The number of hydrogen-bond acceptors (Lipinski definition) is 1. The summed E-state index contributed by atoms with van der Waals surface area (Å²) in [6, 6.07) is 0. The molecule has 0 amide bonds. The molecule has 0 bridgehead atoms. The highest BCUT2D eigenvalue weighted by molar-refractivity contribution is 5.59. The van der Waals surface area contributed by atoms with Crippen LogP contribution >= 0.6 is 0 Å². The molecule has 14 heavy (non-hydrogen) atoms. The second kappa shape index (κ2) is 4.77. The zero-order valence-electron chi connectivity index (χ0n) is 9.68. The van der Waals surface area contributed by atoms with Gasteiger partial charge in [-0.2, -0.15) is 0 Å². The maximum absolute atomic E-state index is 10.9. The quantitative estimate of drug-likeness (QED) is 0.492. The predicted molar refractivity (Wildman–Crippen MR) is 60.2 cm³/mol. The van der Waals surface area contributed by atoms with Gasteiger partial charge in [0.2, 0.25) is 0 Å². The van der Waals surface area contributed by atoms with Gasteiger partial charge in [-0.1, -0.05) is 38.8 Å². The van der Waals surface area contributed by atoms with E-state index in [2.05, 4.69) is 26.8 Å². The van der Waals surface area contributed by atoms with Crippen molar-refractivity contribution in [3.05, 3.63) is 11.6 Å². The molecular weight excluding hydrogens is 172 g/mol. The molecule has 0 saturated carbocycles. The van der Waals surface area contributed by atoms with Crippen molar-refractivity contribution < 1.29 is 4.79 Å². The van der Waals surface area contributed by atoms with Crippen molar-refractivity contribution in [2.24, 2.45) is 11.3 Å². The molecule has 1 aliphatic carbocycles. The lowest BCUT2D eigenvalue weighted by atomic mass is 9.74. The highest BCUT2D eigenvalue weighted by atomic mass is 16.1. The Kier molecular flexibility index (Phi) is 3.91. The number of rotatable bonds is 4. The van der Waals surface area contributed by atoms with Gasteiger partial charge in [0.15, 0.2) is 0 Å². The van der Waals surface area contributed by atoms with Gasteiger partial charge in [-0.3, -0.25) is 0 Å². The minimum absolute atomic E-state index is 0.217. The first-order chi connectivity index (χ1) is 6.59. The SMILES string of the molecule is CCCCC1=CC(C)(C)CCC1C=O. The van der Waals surface area contributed by atoms with Gasteiger partial charge in [0, 0.05) is 5.92 Å². The van der Waals surface area contributed by atoms with Gasteiger partial charge in [0.05, 0.1) is 0 Å². The average Bonchev–Trinajstić information content (AvgIpc) is 2.14. The van der Waals surface area contributed by atoms with Gasteiger partial charge >= 0.3 is 0 Å². The fraction of sp³-hybridized carbons (Fsp3) is 0.769. The van der Waals surface area contributed by atoms with E-state index < -0.39 is 0 Å². The molecule has 0 spiro atoms. The van der Waals surface area contributed by atoms with Crippen LogP contribution in [0.1, 0.15) is 52.9 Å². The Hall–Kier alpha value is -0.590. The van der Waals surface area contributed by atoms with Gasteiger partial charge in [0.1, 0.15) is 6.29 Å². The molecule has 0 aliphatic heterocycles. The number of carbonyl (C=O) groups excluding carboxylic acids is 1. The van der Waals surface area contributed by atoms with E-state index in [4.69, 9.17) is 0 Å². The summed E-state index contributed by atoms with van der Waals surface area (Å²) in [6.07, 6.45) is 9.21. The summed E-state index contributed by atoms with van der Waals surface area (Å²) in [6.45, 7) is 6.73. The fourth-order valence-corrected chi connectivity index (χ4v) is 2.19. The number of carbonyl (C=O) groups is 1. The number of aldehydes is 1. The Labute approximate surface area is 87.6 Å². The van der Waals surface area contributed by atoms with E-state index >= 15 is 0 Å². The first kappa shape index (κ1) is 11.5. The molecule has 0 aromatic rings. The van der Waals surface area contributed by atoms with Gasteiger partial charge in [-0.05, 0) is 31.1 Å². The molecule has 1 atom stereocenters. The fourth-order valence-electron chi connectivity index (χ4n) is 2.19. The van der Waals surface area contributed by atoms with Crippen molar-refractivity contribution in [1.82, 2.24) is 0 Å². The van der Waals surface area contributed by atoms with Crippen molar-refractivity contribution in [2.45, 2.75) is 52.9 Å². The molecule has 1 nitrogen and oxygen atoms in total. The second-order valence-electron chi connectivity index (χ2n) is 5.09. The summed E-state index contributed by atoms with van der Waals surface area (Å²) in [5.41, 5.74) is 1.70. The van der Waals surface area contributed by atoms with Crippen LogP contribution in [0.4, 0.5) is 0 Å². The number of hydrogen-bond donors (Lipinski definition) is 0. The lowest BCUT2D eigenvalue weighted by molar-refractivity contribution is -0.110. The summed E-state index contributed by atoms with van der Waals surface area (Å²) >= 11 is 0. The molecule has 1 rings (SSSR count). The van der Waals surface area contributed by atoms with Crippen LogP contribution < -0.4 is 0 Å².